The Kier molecular flexibility index (Phi) is 42.8. The van der Waals surface area contributed by atoms with Crippen molar-refractivity contribution < 1.29 is 56.6 Å². The first kappa shape index (κ1) is 56.3. The third-order valence-electron chi connectivity index (χ3n) is 9.95. The highest BCUT2D eigenvalue weighted by Crippen LogP contribution is 2.36. The van der Waals surface area contributed by atoms with Crippen LogP contribution in [0.15, 0.2) is 0 Å². The fourth-order valence-corrected chi connectivity index (χ4v) is 6.39. The maximum Gasteiger partial charge on any atom is 0.305 e. The lowest BCUT2D eigenvalue weighted by atomic mass is 10.0. The van der Waals surface area contributed by atoms with Crippen LogP contribution in [-0.2, 0) is 56.6 Å². The van der Waals surface area contributed by atoms with Crippen molar-refractivity contribution in [2.45, 2.75) is 149 Å². The zero-order valence-corrected chi connectivity index (χ0v) is 38.9. The minimum Gasteiger partial charge on any atom is -0.463 e. The van der Waals surface area contributed by atoms with Gasteiger partial charge in [-0.15, -0.1) is 0 Å². The van der Waals surface area contributed by atoms with Crippen LogP contribution in [0.25, 0.3) is 0 Å². The topological polar surface area (TPSA) is 119 Å². The standard InChI is InChI=1S/C44H90O12Si/c1-7-8-9-10-11-12-13-14-15-16-17-18-19-20-21-22-43(45)55-41-39-53-37-35-51-33-31-49-29-27-47-25-23-46-24-26-48-28-30-50-32-34-52-36-38-54-40-42-56-57(5,6)44(2,3)4/h7-42H2,1-6H3. The highest BCUT2D eigenvalue weighted by molar-refractivity contribution is 6.74. The van der Waals surface area contributed by atoms with Gasteiger partial charge in [-0.3, -0.25) is 4.79 Å². The van der Waals surface area contributed by atoms with E-state index < -0.39 is 8.32 Å². The Balaban J connectivity index is 3.18. The average Bonchev–Trinajstić information content (AvgIpc) is 3.18. The highest BCUT2D eigenvalue weighted by atomic mass is 28.4. The summed E-state index contributed by atoms with van der Waals surface area (Å²) in [5.41, 5.74) is 0. The largest absolute Gasteiger partial charge is 0.463 e. The monoisotopic (exact) mass is 839 g/mol. The molecule has 12 nitrogen and oxygen atoms in total. The maximum atomic E-state index is 11.9. The Morgan fingerprint density at radius 2 is 0.614 bits per heavy atom. The summed E-state index contributed by atoms with van der Waals surface area (Å²) in [7, 11) is -1.70. The molecule has 0 N–H and O–H groups in total. The molecule has 0 atom stereocenters. The predicted molar refractivity (Wildman–Crippen MR) is 231 cm³/mol. The van der Waals surface area contributed by atoms with E-state index in [4.69, 9.17) is 51.8 Å². The number of carbonyl (C=O) groups excluding carboxylic acids is 1. The molecule has 13 heteroatoms. The fourth-order valence-electron chi connectivity index (χ4n) is 5.36. The van der Waals surface area contributed by atoms with Crippen LogP contribution in [-0.4, -0.2) is 146 Å². The van der Waals surface area contributed by atoms with E-state index >= 15 is 0 Å². The van der Waals surface area contributed by atoms with Gasteiger partial charge in [0.2, 0.25) is 0 Å². The van der Waals surface area contributed by atoms with Crippen molar-refractivity contribution in [1.29, 1.82) is 0 Å². The third-order valence-corrected chi connectivity index (χ3v) is 14.5. The van der Waals surface area contributed by atoms with Gasteiger partial charge in [0.25, 0.3) is 0 Å². The van der Waals surface area contributed by atoms with Gasteiger partial charge in [-0.2, -0.15) is 0 Å². The smallest absolute Gasteiger partial charge is 0.305 e. The molecule has 0 fully saturated rings. The summed E-state index contributed by atoms with van der Waals surface area (Å²) in [6, 6.07) is 0. The molecule has 0 aromatic heterocycles. The van der Waals surface area contributed by atoms with Gasteiger partial charge in [-0.1, -0.05) is 118 Å². The first-order valence-corrected chi connectivity index (χ1v) is 25.6. The molecule has 0 aromatic carbocycles. The van der Waals surface area contributed by atoms with Gasteiger partial charge in [-0.25, -0.2) is 0 Å². The molecular formula is C44H90O12Si. The van der Waals surface area contributed by atoms with Crippen LogP contribution in [0.2, 0.25) is 18.1 Å². The lowest BCUT2D eigenvalue weighted by molar-refractivity contribution is -0.145. The summed E-state index contributed by atoms with van der Waals surface area (Å²) in [5, 5.41) is 0.215. The van der Waals surface area contributed by atoms with Gasteiger partial charge in [0, 0.05) is 6.42 Å². The van der Waals surface area contributed by atoms with Crippen molar-refractivity contribution in [3.8, 4) is 0 Å². The molecule has 0 spiro atoms. The molecule has 0 saturated carbocycles. The molecule has 0 aliphatic rings. The van der Waals surface area contributed by atoms with Gasteiger partial charge in [0.05, 0.1) is 126 Å². The van der Waals surface area contributed by atoms with Crippen LogP contribution < -0.4 is 0 Å². The minimum atomic E-state index is -1.70. The molecule has 0 saturated heterocycles. The summed E-state index contributed by atoms with van der Waals surface area (Å²) in [6.45, 7) is 23.5. The summed E-state index contributed by atoms with van der Waals surface area (Å²) in [6.07, 6.45) is 20.2. The zero-order valence-electron chi connectivity index (χ0n) is 37.9. The Bertz CT molecular complexity index is 815. The maximum absolute atomic E-state index is 11.9. The van der Waals surface area contributed by atoms with E-state index in [9.17, 15) is 4.79 Å². The van der Waals surface area contributed by atoms with Crippen molar-refractivity contribution >= 4 is 14.3 Å². The predicted octanol–water partition coefficient (Wildman–Crippen LogP) is 8.96. The lowest BCUT2D eigenvalue weighted by Gasteiger charge is -2.36. The molecule has 0 rings (SSSR count). The molecule has 0 heterocycles. The molecule has 0 bridgehead atoms. The van der Waals surface area contributed by atoms with Gasteiger partial charge in [0.15, 0.2) is 8.32 Å². The minimum absolute atomic E-state index is 0.128. The second kappa shape index (κ2) is 43.4. The van der Waals surface area contributed by atoms with Gasteiger partial charge in [-0.05, 0) is 24.6 Å². The van der Waals surface area contributed by atoms with Crippen LogP contribution >= 0.6 is 0 Å². The molecule has 0 radical (unpaired) electrons. The Labute approximate surface area is 350 Å². The average molecular weight is 839 g/mol. The molecule has 0 aliphatic carbocycles. The number of esters is 1. The number of carbonyl (C=O) groups is 1. The molecule has 0 amide bonds. The Morgan fingerprint density at radius 1 is 0.368 bits per heavy atom. The van der Waals surface area contributed by atoms with E-state index in [-0.39, 0.29) is 11.0 Å². The van der Waals surface area contributed by atoms with Crippen molar-refractivity contribution in [2.24, 2.45) is 0 Å². The van der Waals surface area contributed by atoms with Crippen LogP contribution in [0.3, 0.4) is 0 Å². The first-order chi connectivity index (χ1) is 27.7. The van der Waals surface area contributed by atoms with Gasteiger partial charge >= 0.3 is 5.97 Å². The van der Waals surface area contributed by atoms with Crippen LogP contribution in [0.5, 0.6) is 0 Å². The normalized spacial score (nSPS) is 12.2. The quantitative estimate of drug-likeness (QED) is 0.0331. The molecular weight excluding hydrogens is 749 g/mol. The zero-order chi connectivity index (χ0) is 41.8. The van der Waals surface area contributed by atoms with E-state index in [0.29, 0.717) is 139 Å². The van der Waals surface area contributed by atoms with E-state index in [2.05, 4.69) is 40.8 Å². The number of hydrogen-bond donors (Lipinski definition) is 0. The summed E-state index contributed by atoms with van der Waals surface area (Å²) >= 11 is 0. The summed E-state index contributed by atoms with van der Waals surface area (Å²) < 4.78 is 61.1. The molecule has 0 aliphatic heterocycles. The van der Waals surface area contributed by atoms with Crippen LogP contribution in [0.1, 0.15) is 130 Å². The Hall–Kier alpha value is -0.713. The molecule has 57 heavy (non-hydrogen) atoms. The Morgan fingerprint density at radius 3 is 0.895 bits per heavy atom. The van der Waals surface area contributed by atoms with E-state index in [1.807, 2.05) is 0 Å². The number of hydrogen-bond acceptors (Lipinski definition) is 12. The molecule has 0 unspecified atom stereocenters. The van der Waals surface area contributed by atoms with E-state index in [1.165, 1.54) is 83.5 Å². The van der Waals surface area contributed by atoms with Crippen molar-refractivity contribution in [1.82, 2.24) is 0 Å². The number of rotatable bonds is 47. The van der Waals surface area contributed by atoms with Gasteiger partial charge in [0.1, 0.15) is 6.61 Å². The SMILES string of the molecule is CCCCCCCCCCCCCCCCCC(=O)OCCOCCOCCOCCOCCOCCOCCOCCOCCOCCO[Si](C)(C)C(C)(C)C. The second-order valence-corrected chi connectivity index (χ2v) is 20.8. The first-order valence-electron chi connectivity index (χ1n) is 22.7. The summed E-state index contributed by atoms with van der Waals surface area (Å²) in [5.74, 6) is -0.128. The third kappa shape index (κ3) is 43.2. The number of ether oxygens (including phenoxy) is 10. The number of unbranched alkanes of at least 4 members (excludes halogenated alkanes) is 14. The lowest BCUT2D eigenvalue weighted by Crippen LogP contribution is -2.41. The van der Waals surface area contributed by atoms with Crippen LogP contribution in [0.4, 0.5) is 0 Å². The van der Waals surface area contributed by atoms with Crippen LogP contribution in [0, 0.1) is 0 Å². The van der Waals surface area contributed by atoms with E-state index in [0.717, 1.165) is 12.8 Å². The molecule has 0 aromatic rings. The summed E-state index contributed by atoms with van der Waals surface area (Å²) in [4.78, 5) is 11.9. The highest BCUT2D eigenvalue weighted by Gasteiger charge is 2.36. The van der Waals surface area contributed by atoms with Gasteiger partial charge < -0.3 is 51.8 Å². The molecule has 342 valence electrons. The van der Waals surface area contributed by atoms with Crippen molar-refractivity contribution in [2.75, 3.05) is 132 Å². The van der Waals surface area contributed by atoms with Crippen molar-refractivity contribution in [3.63, 3.8) is 0 Å². The van der Waals surface area contributed by atoms with Crippen molar-refractivity contribution in [3.05, 3.63) is 0 Å². The second-order valence-electron chi connectivity index (χ2n) is 16.0. The van der Waals surface area contributed by atoms with E-state index in [1.54, 1.807) is 0 Å². The fraction of sp³-hybridized carbons (Fsp3) is 0.977.